The number of thiophene rings is 1. The highest BCUT2D eigenvalue weighted by molar-refractivity contribution is 7.80. The smallest absolute Gasteiger partial charge is 0.269 e. The Kier molecular flexibility index (Phi) is 4.51. The maximum atomic E-state index is 13.3. The highest BCUT2D eigenvalue weighted by atomic mass is 32.9. The Morgan fingerprint density at radius 3 is 2.77 bits per heavy atom. The fourth-order valence-corrected chi connectivity index (χ4v) is 6.98. The van der Waals surface area contributed by atoms with Gasteiger partial charge in [-0.05, 0) is 55.5 Å². The monoisotopic (exact) mass is 419 g/mol. The summed E-state index contributed by atoms with van der Waals surface area (Å²) in [7, 11) is 3.12. The quantitative estimate of drug-likeness (QED) is 0.355. The van der Waals surface area contributed by atoms with Crippen LogP contribution in [0.3, 0.4) is 0 Å². The van der Waals surface area contributed by atoms with Crippen molar-refractivity contribution in [3.63, 3.8) is 0 Å². The summed E-state index contributed by atoms with van der Waals surface area (Å²) in [4.78, 5) is 16.0. The second-order valence-electron chi connectivity index (χ2n) is 6.45. The molecule has 0 unspecified atom stereocenters. The third-order valence-corrected chi connectivity index (χ3v) is 8.38. The van der Waals surface area contributed by atoms with Gasteiger partial charge in [0.2, 0.25) is 0 Å². The number of ether oxygens (including phenoxy) is 1. The van der Waals surface area contributed by atoms with E-state index in [2.05, 4.69) is 26.0 Å². The van der Waals surface area contributed by atoms with Crippen LogP contribution >= 0.6 is 44.2 Å². The zero-order valence-electron chi connectivity index (χ0n) is 14.6. The highest BCUT2D eigenvalue weighted by Crippen LogP contribution is 2.53. The molecule has 1 aliphatic heterocycles. The number of fused-ring (bicyclic) bond motifs is 3. The second-order valence-corrected chi connectivity index (χ2v) is 10.2. The van der Waals surface area contributed by atoms with Crippen LogP contribution in [0.5, 0.6) is 5.75 Å². The summed E-state index contributed by atoms with van der Waals surface area (Å²) in [6.45, 7) is 6.77. The SMILES string of the molecule is CCOc1ccc2c(c1)-c1c(ssc1=S)N(C(=O)c1cccs1)C2(C)C. The van der Waals surface area contributed by atoms with Gasteiger partial charge in [-0.3, -0.25) is 9.69 Å². The van der Waals surface area contributed by atoms with Gasteiger partial charge in [-0.25, -0.2) is 0 Å². The zero-order chi connectivity index (χ0) is 18.5. The average molecular weight is 420 g/mol. The highest BCUT2D eigenvalue weighted by Gasteiger charge is 2.43. The molecule has 0 atom stereocenters. The minimum Gasteiger partial charge on any atom is -0.494 e. The number of nitrogens with zero attached hydrogens (tertiary/aromatic N) is 1. The van der Waals surface area contributed by atoms with Crippen LogP contribution in [0.4, 0.5) is 5.00 Å². The van der Waals surface area contributed by atoms with Crippen molar-refractivity contribution in [3.8, 4) is 16.9 Å². The summed E-state index contributed by atoms with van der Waals surface area (Å²) >= 11 is 7.09. The lowest BCUT2D eigenvalue weighted by Gasteiger charge is -2.42. The van der Waals surface area contributed by atoms with Crippen LogP contribution in [-0.2, 0) is 5.54 Å². The van der Waals surface area contributed by atoms with E-state index >= 15 is 0 Å². The van der Waals surface area contributed by atoms with Crippen LogP contribution in [0, 0.1) is 3.82 Å². The van der Waals surface area contributed by atoms with E-state index in [9.17, 15) is 4.79 Å². The van der Waals surface area contributed by atoms with E-state index in [-0.39, 0.29) is 5.91 Å². The predicted octanol–water partition coefficient (Wildman–Crippen LogP) is 6.56. The van der Waals surface area contributed by atoms with Crippen molar-refractivity contribution < 1.29 is 9.53 Å². The molecule has 3 nitrogen and oxygen atoms in total. The van der Waals surface area contributed by atoms with Crippen molar-refractivity contribution in [1.82, 2.24) is 0 Å². The van der Waals surface area contributed by atoms with Crippen LogP contribution in [0.25, 0.3) is 11.1 Å². The number of carbonyl (C=O) groups is 1. The maximum Gasteiger partial charge on any atom is 0.269 e. The molecule has 0 aliphatic carbocycles. The van der Waals surface area contributed by atoms with Gasteiger partial charge in [0.05, 0.1) is 17.0 Å². The lowest BCUT2D eigenvalue weighted by atomic mass is 9.82. The lowest BCUT2D eigenvalue weighted by molar-refractivity contribution is 0.0965. The Morgan fingerprint density at radius 2 is 2.08 bits per heavy atom. The Hall–Kier alpha value is -1.54. The number of rotatable bonds is 3. The summed E-state index contributed by atoms with van der Waals surface area (Å²) in [5.41, 5.74) is 2.67. The summed E-state index contributed by atoms with van der Waals surface area (Å²) in [5.74, 6) is 0.853. The molecule has 134 valence electrons. The molecule has 0 N–H and O–H groups in total. The summed E-state index contributed by atoms with van der Waals surface area (Å²) in [5, 5.41) is 2.87. The number of hydrogen-bond donors (Lipinski definition) is 0. The minimum absolute atomic E-state index is 0.0230. The predicted molar refractivity (Wildman–Crippen MR) is 114 cm³/mol. The molecule has 7 heteroatoms. The van der Waals surface area contributed by atoms with E-state index in [1.807, 2.05) is 35.4 Å². The van der Waals surface area contributed by atoms with Gasteiger partial charge >= 0.3 is 0 Å². The molecule has 0 spiro atoms. The molecule has 0 bridgehead atoms. The topological polar surface area (TPSA) is 29.5 Å². The molecule has 0 fully saturated rings. The van der Waals surface area contributed by atoms with Crippen LogP contribution in [0.1, 0.15) is 36.0 Å². The van der Waals surface area contributed by atoms with Gasteiger partial charge in [0.1, 0.15) is 14.6 Å². The number of benzene rings is 1. The van der Waals surface area contributed by atoms with Gasteiger partial charge in [-0.15, -0.1) is 11.3 Å². The Balaban J connectivity index is 1.95. The fraction of sp³-hybridized carbons (Fsp3) is 0.263. The first-order valence-electron chi connectivity index (χ1n) is 8.24. The lowest BCUT2D eigenvalue weighted by Crippen LogP contribution is -2.47. The first-order valence-corrected chi connectivity index (χ1v) is 11.7. The largest absolute Gasteiger partial charge is 0.494 e. The van der Waals surface area contributed by atoms with Crippen molar-refractivity contribution in [2.75, 3.05) is 11.5 Å². The minimum atomic E-state index is -0.479. The molecule has 1 amide bonds. The molecule has 3 aromatic rings. The normalized spacial score (nSPS) is 14.7. The molecule has 0 saturated heterocycles. The van der Waals surface area contributed by atoms with E-state index in [1.165, 1.54) is 11.3 Å². The molecular formula is C19H17NO2S4. The molecule has 1 aliphatic rings. The third kappa shape index (κ3) is 2.65. The van der Waals surface area contributed by atoms with Gasteiger partial charge in [-0.2, -0.15) is 0 Å². The maximum absolute atomic E-state index is 13.3. The average Bonchev–Trinajstić information content (AvgIpc) is 3.25. The standard InChI is InChI=1S/C19H17NO2S4/c1-4-22-11-7-8-13-12(10-11)15-17(25-26-18(15)23)20(19(13,2)3)16(21)14-6-5-9-24-14/h5-10H,4H2,1-3H3. The van der Waals surface area contributed by atoms with Crippen LogP contribution in [0.2, 0.25) is 0 Å². The Morgan fingerprint density at radius 1 is 1.27 bits per heavy atom. The van der Waals surface area contributed by atoms with Crippen molar-refractivity contribution >= 4 is 55.1 Å². The van der Waals surface area contributed by atoms with E-state index in [0.29, 0.717) is 6.61 Å². The van der Waals surface area contributed by atoms with Gasteiger partial charge < -0.3 is 4.74 Å². The van der Waals surface area contributed by atoms with Gasteiger partial charge in [0.25, 0.3) is 5.91 Å². The molecule has 26 heavy (non-hydrogen) atoms. The van der Waals surface area contributed by atoms with Crippen molar-refractivity contribution in [2.24, 2.45) is 0 Å². The molecule has 0 radical (unpaired) electrons. The zero-order valence-corrected chi connectivity index (χ0v) is 17.8. The third-order valence-electron chi connectivity index (χ3n) is 4.54. The fourth-order valence-electron chi connectivity index (χ4n) is 3.37. The molecule has 1 aromatic carbocycles. The van der Waals surface area contributed by atoms with Crippen molar-refractivity contribution in [1.29, 1.82) is 0 Å². The van der Waals surface area contributed by atoms with Gasteiger partial charge in [-0.1, -0.05) is 45.0 Å². The second kappa shape index (κ2) is 6.56. The number of amides is 1. The Bertz CT molecular complexity index is 1030. The molecule has 3 heterocycles. The number of carbonyl (C=O) groups excluding carboxylic acids is 1. The van der Waals surface area contributed by atoms with Gasteiger partial charge in [0, 0.05) is 5.56 Å². The first kappa shape index (κ1) is 17.9. The van der Waals surface area contributed by atoms with E-state index in [0.717, 1.165) is 36.1 Å². The molecule has 4 rings (SSSR count). The van der Waals surface area contributed by atoms with Crippen molar-refractivity contribution in [2.45, 2.75) is 26.3 Å². The summed E-state index contributed by atoms with van der Waals surface area (Å²) in [6, 6.07) is 9.88. The van der Waals surface area contributed by atoms with Gasteiger partial charge in [0.15, 0.2) is 0 Å². The van der Waals surface area contributed by atoms with E-state index in [4.69, 9.17) is 17.0 Å². The number of hydrogen-bond acceptors (Lipinski definition) is 6. The van der Waals surface area contributed by atoms with E-state index < -0.39 is 5.54 Å². The first-order chi connectivity index (χ1) is 12.4. The summed E-state index contributed by atoms with van der Waals surface area (Å²) < 4.78 is 6.52. The number of anilines is 1. The molecular weight excluding hydrogens is 402 g/mol. The van der Waals surface area contributed by atoms with E-state index in [1.54, 1.807) is 20.7 Å². The molecule has 0 saturated carbocycles. The van der Waals surface area contributed by atoms with Crippen LogP contribution in [0.15, 0.2) is 35.7 Å². The van der Waals surface area contributed by atoms with Crippen LogP contribution in [-0.4, -0.2) is 12.5 Å². The molecule has 2 aromatic heterocycles. The van der Waals surface area contributed by atoms with Crippen LogP contribution < -0.4 is 9.64 Å². The summed E-state index contributed by atoms with van der Waals surface area (Å²) in [6.07, 6.45) is 0. The Labute approximate surface area is 168 Å². The van der Waals surface area contributed by atoms with Crippen molar-refractivity contribution in [3.05, 3.63) is 50.0 Å².